The molecule has 1 spiro atoms. The van der Waals surface area contributed by atoms with E-state index in [-0.39, 0.29) is 23.2 Å². The van der Waals surface area contributed by atoms with Crippen molar-refractivity contribution in [1.29, 1.82) is 0 Å². The first-order valence-electron chi connectivity index (χ1n) is 8.47. The first kappa shape index (κ1) is 19.0. The number of alkyl halides is 3. The number of anilines is 1. The number of rotatable bonds is 2. The molecule has 10 heteroatoms. The van der Waals surface area contributed by atoms with Crippen LogP contribution >= 0.6 is 0 Å². The molecule has 1 fully saturated rings. The molecule has 4 N–H and O–H groups in total. The Morgan fingerprint density at radius 1 is 1.22 bits per heavy atom. The molecule has 0 bridgehead atoms. The Hall–Kier alpha value is -2.78. The first-order chi connectivity index (χ1) is 12.7. The van der Waals surface area contributed by atoms with Crippen molar-refractivity contribution in [2.24, 2.45) is 21.5 Å². The summed E-state index contributed by atoms with van der Waals surface area (Å²) in [5.74, 6) is -0.911. The maximum atomic E-state index is 13.3. The summed E-state index contributed by atoms with van der Waals surface area (Å²) >= 11 is 0. The number of hydrogen-bond donors (Lipinski definition) is 2. The Kier molecular flexibility index (Phi) is 4.75. The van der Waals surface area contributed by atoms with Gasteiger partial charge in [0.25, 0.3) is 0 Å². The second-order valence-electron chi connectivity index (χ2n) is 6.54. The molecule has 0 unspecified atom stereocenters. The molecule has 27 heavy (non-hydrogen) atoms. The number of benzene rings is 1. The van der Waals surface area contributed by atoms with Crippen LogP contribution in [0.5, 0.6) is 0 Å². The van der Waals surface area contributed by atoms with E-state index in [2.05, 4.69) is 9.98 Å². The third kappa shape index (κ3) is 3.43. The summed E-state index contributed by atoms with van der Waals surface area (Å²) in [4.78, 5) is 21.9. The van der Waals surface area contributed by atoms with Crippen LogP contribution in [-0.4, -0.2) is 30.7 Å². The normalized spacial score (nSPS) is 19.5. The molecule has 0 saturated heterocycles. The number of esters is 1. The van der Waals surface area contributed by atoms with Crippen LogP contribution in [0.1, 0.15) is 48.0 Å². The average molecular weight is 383 g/mol. The van der Waals surface area contributed by atoms with Crippen molar-refractivity contribution >= 4 is 23.6 Å². The van der Waals surface area contributed by atoms with Crippen molar-refractivity contribution in [2.75, 3.05) is 12.0 Å². The monoisotopic (exact) mass is 383 g/mol. The smallest absolute Gasteiger partial charge is 0.416 e. The highest BCUT2D eigenvalue weighted by molar-refractivity contribution is 6.09. The number of hydrogen-bond acceptors (Lipinski definition) is 7. The van der Waals surface area contributed by atoms with Gasteiger partial charge in [-0.25, -0.2) is 9.79 Å². The number of ether oxygens (including phenoxy) is 1. The molecule has 0 radical (unpaired) electrons. The third-order valence-electron chi connectivity index (χ3n) is 4.82. The molecule has 0 aromatic heterocycles. The summed E-state index contributed by atoms with van der Waals surface area (Å²) < 4.78 is 44.6. The highest BCUT2D eigenvalue weighted by atomic mass is 19.4. The Balaban J connectivity index is 2.22. The van der Waals surface area contributed by atoms with Gasteiger partial charge < -0.3 is 16.2 Å². The van der Waals surface area contributed by atoms with E-state index in [1.165, 1.54) is 4.90 Å². The number of halogens is 3. The molecule has 1 aliphatic heterocycles. The fourth-order valence-electron chi connectivity index (χ4n) is 3.65. The van der Waals surface area contributed by atoms with Gasteiger partial charge in [-0.15, -0.1) is 0 Å². The van der Waals surface area contributed by atoms with Crippen LogP contribution in [-0.2, 0) is 10.9 Å². The van der Waals surface area contributed by atoms with Gasteiger partial charge in [-0.05, 0) is 43.9 Å². The lowest BCUT2D eigenvalue weighted by Crippen LogP contribution is -2.58. The van der Waals surface area contributed by atoms with Gasteiger partial charge in [-0.1, -0.05) is 6.42 Å². The number of nitrogens with zero attached hydrogens (tertiary/aromatic N) is 3. The quantitative estimate of drug-likeness (QED) is 0.764. The second kappa shape index (κ2) is 6.75. The van der Waals surface area contributed by atoms with E-state index in [9.17, 15) is 18.0 Å². The van der Waals surface area contributed by atoms with Crippen LogP contribution < -0.4 is 16.4 Å². The van der Waals surface area contributed by atoms with E-state index < -0.39 is 23.4 Å². The molecule has 2 aliphatic rings. The maximum Gasteiger partial charge on any atom is 0.416 e. The standard InChI is InChI=1S/C17H20F3N5O2/c1-27-13(26)11-6-5-10(17(18,19)20)9-12(11)25-15(22)23-14(21)24-16(25)7-3-2-4-8-16/h5-6,9H,2-4,7-8H2,1H3,(H4,21,22,23,24). The summed E-state index contributed by atoms with van der Waals surface area (Å²) in [7, 11) is 1.16. The number of carbonyl (C=O) groups is 1. The third-order valence-corrected chi connectivity index (χ3v) is 4.82. The summed E-state index contributed by atoms with van der Waals surface area (Å²) in [6.07, 6.45) is -0.969. The van der Waals surface area contributed by atoms with Gasteiger partial charge in [0, 0.05) is 0 Å². The summed E-state index contributed by atoms with van der Waals surface area (Å²) in [5.41, 5.74) is 9.86. The van der Waals surface area contributed by atoms with Crippen LogP contribution in [0.15, 0.2) is 28.2 Å². The molecule has 1 aliphatic carbocycles. The van der Waals surface area contributed by atoms with Crippen molar-refractivity contribution in [3.8, 4) is 0 Å². The van der Waals surface area contributed by atoms with Gasteiger partial charge in [-0.2, -0.15) is 18.2 Å². The molecule has 146 valence electrons. The molecule has 1 aromatic carbocycles. The molecular formula is C17H20F3N5O2. The number of methoxy groups -OCH3 is 1. The average Bonchev–Trinajstić information content (AvgIpc) is 2.60. The van der Waals surface area contributed by atoms with Crippen LogP contribution in [0.25, 0.3) is 0 Å². The Labute approximate surface area is 153 Å². The van der Waals surface area contributed by atoms with E-state index in [0.717, 1.165) is 44.6 Å². The SMILES string of the molecule is COC(=O)c1ccc(C(F)(F)F)cc1N1C(N)=NC(N)=NC12CCCCC2. The predicted octanol–water partition coefficient (Wildman–Crippen LogP) is 2.60. The van der Waals surface area contributed by atoms with Gasteiger partial charge in [0.1, 0.15) is 5.66 Å². The topological polar surface area (TPSA) is 106 Å². The molecular weight excluding hydrogens is 363 g/mol. The Morgan fingerprint density at radius 2 is 1.89 bits per heavy atom. The largest absolute Gasteiger partial charge is 0.465 e. The fraction of sp³-hybridized carbons (Fsp3) is 0.471. The number of aliphatic imine (C=N–C) groups is 2. The lowest BCUT2D eigenvalue weighted by Gasteiger charge is -2.46. The highest BCUT2D eigenvalue weighted by Gasteiger charge is 2.44. The van der Waals surface area contributed by atoms with Crippen molar-refractivity contribution in [2.45, 2.75) is 43.9 Å². The number of guanidine groups is 2. The van der Waals surface area contributed by atoms with Gasteiger partial charge in [-0.3, -0.25) is 4.90 Å². The van der Waals surface area contributed by atoms with Crippen LogP contribution in [0.3, 0.4) is 0 Å². The predicted molar refractivity (Wildman–Crippen MR) is 94.3 cm³/mol. The lowest BCUT2D eigenvalue weighted by atomic mass is 9.86. The van der Waals surface area contributed by atoms with E-state index in [1.54, 1.807) is 0 Å². The summed E-state index contributed by atoms with van der Waals surface area (Å²) in [6, 6.07) is 2.79. The maximum absolute atomic E-state index is 13.3. The Morgan fingerprint density at radius 3 is 2.48 bits per heavy atom. The molecule has 7 nitrogen and oxygen atoms in total. The highest BCUT2D eigenvalue weighted by Crippen LogP contribution is 2.42. The molecule has 0 amide bonds. The zero-order valence-electron chi connectivity index (χ0n) is 14.7. The van der Waals surface area contributed by atoms with Crippen molar-refractivity contribution in [1.82, 2.24) is 0 Å². The first-order valence-corrected chi connectivity index (χ1v) is 8.47. The van der Waals surface area contributed by atoms with E-state index in [4.69, 9.17) is 16.2 Å². The lowest BCUT2D eigenvalue weighted by molar-refractivity contribution is -0.137. The van der Waals surface area contributed by atoms with Crippen molar-refractivity contribution in [3.63, 3.8) is 0 Å². The van der Waals surface area contributed by atoms with E-state index >= 15 is 0 Å². The zero-order valence-corrected chi connectivity index (χ0v) is 14.7. The number of nitrogens with two attached hydrogens (primary N) is 2. The fourth-order valence-corrected chi connectivity index (χ4v) is 3.65. The molecule has 3 rings (SSSR count). The minimum atomic E-state index is -4.59. The van der Waals surface area contributed by atoms with Gasteiger partial charge in [0.15, 0.2) is 0 Å². The molecule has 1 aromatic rings. The summed E-state index contributed by atoms with van der Waals surface area (Å²) in [6.45, 7) is 0. The van der Waals surface area contributed by atoms with Gasteiger partial charge >= 0.3 is 12.1 Å². The van der Waals surface area contributed by atoms with Gasteiger partial charge in [0.05, 0.1) is 23.9 Å². The summed E-state index contributed by atoms with van der Waals surface area (Å²) in [5, 5.41) is 0. The van der Waals surface area contributed by atoms with E-state index in [1.807, 2.05) is 0 Å². The van der Waals surface area contributed by atoms with Crippen LogP contribution in [0.2, 0.25) is 0 Å². The minimum absolute atomic E-state index is 0.0303. The molecule has 0 atom stereocenters. The molecule has 1 heterocycles. The zero-order chi connectivity index (χ0) is 19.8. The van der Waals surface area contributed by atoms with Crippen LogP contribution in [0, 0.1) is 0 Å². The number of carbonyl (C=O) groups excluding carboxylic acids is 1. The van der Waals surface area contributed by atoms with Gasteiger partial charge in [0.2, 0.25) is 11.9 Å². The molecule has 1 saturated carbocycles. The minimum Gasteiger partial charge on any atom is -0.465 e. The van der Waals surface area contributed by atoms with Crippen molar-refractivity contribution < 1.29 is 22.7 Å². The van der Waals surface area contributed by atoms with Crippen LogP contribution in [0.4, 0.5) is 18.9 Å². The van der Waals surface area contributed by atoms with Crippen molar-refractivity contribution in [3.05, 3.63) is 29.3 Å². The second-order valence-corrected chi connectivity index (χ2v) is 6.54. The van der Waals surface area contributed by atoms with E-state index in [0.29, 0.717) is 12.8 Å². The Bertz CT molecular complexity index is 813.